The molecule has 0 unspecified atom stereocenters. The van der Waals surface area contributed by atoms with Crippen molar-refractivity contribution >= 4 is 152 Å². The van der Waals surface area contributed by atoms with E-state index in [4.69, 9.17) is 0 Å². The van der Waals surface area contributed by atoms with Gasteiger partial charge in [-0.3, -0.25) is 0 Å². The number of hydrogen-bond donors (Lipinski definition) is 0. The summed E-state index contributed by atoms with van der Waals surface area (Å²) >= 11 is 2.74. The van der Waals surface area contributed by atoms with Crippen LogP contribution in [0.4, 0.5) is 0 Å². The van der Waals surface area contributed by atoms with Gasteiger partial charge < -0.3 is 0 Å². The molecule has 0 heterocycles. The van der Waals surface area contributed by atoms with Gasteiger partial charge in [-0.15, -0.1) is 0 Å². The summed E-state index contributed by atoms with van der Waals surface area (Å²) in [6.45, 7) is 11.7. The van der Waals surface area contributed by atoms with Gasteiger partial charge in [0.2, 0.25) is 0 Å². The van der Waals surface area contributed by atoms with E-state index in [2.05, 4.69) is 130 Å². The summed E-state index contributed by atoms with van der Waals surface area (Å²) in [7, 11) is 0. The highest BCUT2D eigenvalue weighted by Crippen LogP contribution is 2.61. The molecule has 0 radical (unpaired) electrons. The maximum atomic E-state index is 2.80. The molecule has 1 heteroatoms. The molecule has 0 aliphatic carbocycles. The Bertz CT molecular complexity index is 4370. The molecule has 13 rings (SSSR count). The molecule has 0 bridgehead atoms. The topological polar surface area (TPSA) is 0 Å². The fraction of sp³-hybridized carbons (Fsp3) is 0.588. The Morgan fingerprint density at radius 1 is 0.146 bits per heavy atom. The maximum absolute atomic E-state index is 2.80. The Labute approximate surface area is 639 Å². The first kappa shape index (κ1) is 76.5. The Balaban J connectivity index is 0.999. The van der Waals surface area contributed by atoms with E-state index >= 15 is 0 Å². The molecule has 552 valence electrons. The molecule has 0 amide bonds. The van der Waals surface area contributed by atoms with Crippen molar-refractivity contribution in [1.29, 1.82) is 0 Å². The molecular formula is C102H137I. The predicted molar refractivity (Wildman–Crippen MR) is 474 cm³/mol. The number of benzene rings is 13. The SMILES string of the molecule is CCCCCCCCCCCCc1cc2c3cc(I)cc4c5cc(CCCCCCCCCCCC)cc6c7cc(CCCCCCCCCCCC)cc8c9cc(CCCCCCCCCCCC)cc%10c%11cc(CCCCCCCCCCCC)cc%12c(c1)c2c1c(c34)c(c56)c(c78)c(c%109)c1c%12%11. The molecule has 0 atom stereocenters. The molecule has 0 saturated heterocycles. The molecule has 0 spiro atoms. The highest BCUT2D eigenvalue weighted by atomic mass is 127. The third-order valence-electron chi connectivity index (χ3n) is 25.9. The standard InChI is InChI=1S/C102H137I/c1-6-11-16-21-26-31-36-41-46-51-56-73-61-79-81-63-74(57-52-47-42-37-32-27-22-17-12-7-2)65-83-85-67-76(59-54-49-44-39-34-29-24-19-14-9-4)69-87-89-71-78(103)72-90-88-70-77(60-55-50-45-40-35-30-25-20-15-10-5)68-86-84-66-75(58-53-48-43-38-33-28-23-18-13-8-3)64-82-80(62-73)91(79)97-98(92(81)83)100(94(85)87)102(96(89)90)101(95(86)88)99(97)93(82)84/h61-72H,6-60H2,1-5H3. The van der Waals surface area contributed by atoms with Crippen LogP contribution in [0.1, 0.15) is 383 Å². The zero-order valence-corrected chi connectivity index (χ0v) is 68.4. The Hall–Kier alpha value is -4.73. The first-order chi connectivity index (χ1) is 51.0. The van der Waals surface area contributed by atoms with Crippen molar-refractivity contribution in [3.8, 4) is 0 Å². The van der Waals surface area contributed by atoms with Gasteiger partial charge in [-0.2, -0.15) is 0 Å². The Morgan fingerprint density at radius 2 is 0.262 bits per heavy atom. The molecule has 0 saturated carbocycles. The molecule has 0 aromatic heterocycles. The molecule has 0 fully saturated rings. The number of fused-ring (bicyclic) bond motifs is 6. The fourth-order valence-electron chi connectivity index (χ4n) is 20.3. The van der Waals surface area contributed by atoms with Crippen LogP contribution in [0.25, 0.3) is 129 Å². The second kappa shape index (κ2) is 38.9. The van der Waals surface area contributed by atoms with Gasteiger partial charge in [-0.05, 0) is 256 Å². The molecule has 0 nitrogen and oxygen atoms in total. The van der Waals surface area contributed by atoms with Gasteiger partial charge in [0.05, 0.1) is 0 Å². The molecule has 0 aliphatic heterocycles. The second-order valence-electron chi connectivity index (χ2n) is 34.1. The van der Waals surface area contributed by atoms with E-state index in [1.165, 1.54) is 357 Å². The number of hydrogen-bond acceptors (Lipinski definition) is 0. The third kappa shape index (κ3) is 17.7. The van der Waals surface area contributed by atoms with Gasteiger partial charge in [0.1, 0.15) is 0 Å². The first-order valence-electron chi connectivity index (χ1n) is 44.9. The van der Waals surface area contributed by atoms with Crippen LogP contribution in [0.2, 0.25) is 0 Å². The zero-order valence-electron chi connectivity index (χ0n) is 66.2. The van der Waals surface area contributed by atoms with Gasteiger partial charge in [0.25, 0.3) is 0 Å². The third-order valence-corrected chi connectivity index (χ3v) is 26.6. The van der Waals surface area contributed by atoms with Gasteiger partial charge >= 0.3 is 0 Å². The van der Waals surface area contributed by atoms with Crippen molar-refractivity contribution < 1.29 is 0 Å². The monoisotopic (exact) mass is 1490 g/mol. The summed E-state index contributed by atoms with van der Waals surface area (Å²) in [6.07, 6.45) is 74.6. The van der Waals surface area contributed by atoms with E-state index in [9.17, 15) is 0 Å². The van der Waals surface area contributed by atoms with Gasteiger partial charge in [-0.25, -0.2) is 0 Å². The number of rotatable bonds is 55. The van der Waals surface area contributed by atoms with Crippen LogP contribution >= 0.6 is 22.6 Å². The highest BCUT2D eigenvalue weighted by molar-refractivity contribution is 14.1. The van der Waals surface area contributed by atoms with Crippen molar-refractivity contribution in [3.05, 3.63) is 104 Å². The molecule has 0 N–H and O–H groups in total. The summed E-state index contributed by atoms with van der Waals surface area (Å²) in [4.78, 5) is 0. The lowest BCUT2D eigenvalue weighted by Gasteiger charge is -2.30. The van der Waals surface area contributed by atoms with E-state index in [1.807, 2.05) is 0 Å². The molecular weight excluding hydrogens is 1350 g/mol. The lowest BCUT2D eigenvalue weighted by molar-refractivity contribution is 0.556. The average Bonchev–Trinajstić information content (AvgIpc) is 0.643. The van der Waals surface area contributed by atoms with Crippen LogP contribution in [0.15, 0.2) is 72.8 Å². The van der Waals surface area contributed by atoms with Crippen LogP contribution in [0.5, 0.6) is 0 Å². The molecule has 0 aliphatic rings. The smallest absolute Gasteiger partial charge is 0.0143 e. The van der Waals surface area contributed by atoms with Crippen LogP contribution < -0.4 is 0 Å². The van der Waals surface area contributed by atoms with E-state index in [0.717, 1.165) is 32.1 Å². The minimum absolute atomic E-state index is 1.16. The number of aryl methyl sites for hydroxylation is 5. The maximum Gasteiger partial charge on any atom is 0.0143 e. The largest absolute Gasteiger partial charge is 0.0654 e. The second-order valence-corrected chi connectivity index (χ2v) is 35.4. The Kier molecular flexibility index (Phi) is 28.9. The normalized spacial score (nSPS) is 12.8. The van der Waals surface area contributed by atoms with E-state index in [-0.39, 0.29) is 0 Å². The fourth-order valence-corrected chi connectivity index (χ4v) is 21.0. The summed E-state index contributed by atoms with van der Waals surface area (Å²) in [6, 6.07) is 33.1. The lowest BCUT2D eigenvalue weighted by atomic mass is 9.72. The van der Waals surface area contributed by atoms with Crippen molar-refractivity contribution in [2.75, 3.05) is 0 Å². The van der Waals surface area contributed by atoms with Crippen molar-refractivity contribution in [2.45, 2.75) is 388 Å². The van der Waals surface area contributed by atoms with Gasteiger partial charge in [-0.1, -0.05) is 384 Å². The Morgan fingerprint density at radius 3 is 0.398 bits per heavy atom. The van der Waals surface area contributed by atoms with Crippen LogP contribution in [0, 0.1) is 3.57 Å². The first-order valence-corrected chi connectivity index (χ1v) is 46.0. The minimum atomic E-state index is 1.16. The van der Waals surface area contributed by atoms with E-state index in [1.54, 1.807) is 125 Å². The average molecular weight is 1490 g/mol. The van der Waals surface area contributed by atoms with Crippen molar-refractivity contribution in [2.24, 2.45) is 0 Å². The lowest BCUT2D eigenvalue weighted by Crippen LogP contribution is -2.03. The number of halogens is 1. The van der Waals surface area contributed by atoms with Crippen LogP contribution in [-0.4, -0.2) is 0 Å². The summed E-state index contributed by atoms with van der Waals surface area (Å²) in [5.74, 6) is 0. The minimum Gasteiger partial charge on any atom is -0.0654 e. The highest BCUT2D eigenvalue weighted by Gasteiger charge is 2.33. The van der Waals surface area contributed by atoms with Crippen molar-refractivity contribution in [1.82, 2.24) is 0 Å². The summed E-state index contributed by atoms with van der Waals surface area (Å²) in [5, 5.41) is 37.3. The summed E-state index contributed by atoms with van der Waals surface area (Å²) < 4.78 is 1.38. The van der Waals surface area contributed by atoms with E-state index < -0.39 is 0 Å². The van der Waals surface area contributed by atoms with E-state index in [0.29, 0.717) is 0 Å². The quantitative estimate of drug-likeness (QED) is 0.0154. The molecule has 13 aromatic rings. The van der Waals surface area contributed by atoms with Crippen LogP contribution in [0.3, 0.4) is 0 Å². The predicted octanol–water partition coefficient (Wildman–Crippen LogP) is 35.1. The van der Waals surface area contributed by atoms with Crippen LogP contribution in [-0.2, 0) is 32.1 Å². The van der Waals surface area contributed by atoms with Crippen molar-refractivity contribution in [3.63, 3.8) is 0 Å². The molecule has 103 heavy (non-hydrogen) atoms. The zero-order chi connectivity index (χ0) is 70.7. The number of unbranched alkanes of at least 4 members (excludes halogenated alkanes) is 45. The van der Waals surface area contributed by atoms with Gasteiger partial charge in [0.15, 0.2) is 0 Å². The summed E-state index contributed by atoms with van der Waals surface area (Å²) in [5.41, 5.74) is 7.83. The molecule has 13 aromatic carbocycles. The van der Waals surface area contributed by atoms with Gasteiger partial charge in [0, 0.05) is 3.57 Å².